The van der Waals surface area contributed by atoms with Gasteiger partial charge in [0.05, 0.1) is 24.9 Å². The van der Waals surface area contributed by atoms with Gasteiger partial charge in [0.25, 0.3) is 11.8 Å². The molecule has 0 saturated heterocycles. The number of amides is 2. The molecule has 4 rings (SSSR count). The van der Waals surface area contributed by atoms with Crippen LogP contribution in [0.2, 0.25) is 0 Å². The Morgan fingerprint density at radius 2 is 1.88 bits per heavy atom. The van der Waals surface area contributed by atoms with Gasteiger partial charge in [-0.25, -0.2) is 4.98 Å². The van der Waals surface area contributed by atoms with Crippen LogP contribution in [-0.2, 0) is 26.1 Å². The Morgan fingerprint density at radius 3 is 2.58 bits per heavy atom. The second-order valence-corrected chi connectivity index (χ2v) is 10.7. The van der Waals surface area contributed by atoms with E-state index in [4.69, 9.17) is 0 Å². The molecule has 0 saturated carbocycles. The SMILES string of the molecule is CCn1cc(CNC[C@@H](O)[C@H](Cc2ccccc2)NC(=O)c2cccc(C(=O)N(C)Cc3nc(C)cs3)c2)cn1. The highest BCUT2D eigenvalue weighted by molar-refractivity contribution is 7.09. The molecule has 40 heavy (non-hydrogen) atoms. The molecule has 2 amide bonds. The van der Waals surface area contributed by atoms with E-state index >= 15 is 0 Å². The first kappa shape index (κ1) is 29.1. The summed E-state index contributed by atoms with van der Waals surface area (Å²) >= 11 is 1.51. The highest BCUT2D eigenvalue weighted by Crippen LogP contribution is 2.15. The molecule has 9 nitrogen and oxygen atoms in total. The number of aromatic nitrogens is 3. The van der Waals surface area contributed by atoms with Crippen molar-refractivity contribution in [2.45, 2.75) is 52.0 Å². The fourth-order valence-corrected chi connectivity index (χ4v) is 5.17. The van der Waals surface area contributed by atoms with E-state index in [2.05, 4.69) is 20.7 Å². The lowest BCUT2D eigenvalue weighted by Gasteiger charge is -2.25. The largest absolute Gasteiger partial charge is 0.390 e. The van der Waals surface area contributed by atoms with Gasteiger partial charge in [0, 0.05) is 60.6 Å². The maximum atomic E-state index is 13.3. The quantitative estimate of drug-likeness (QED) is 0.231. The molecule has 210 valence electrons. The van der Waals surface area contributed by atoms with Crippen LogP contribution in [0.25, 0.3) is 0 Å². The van der Waals surface area contributed by atoms with Crippen molar-refractivity contribution in [3.05, 3.63) is 105 Å². The molecule has 2 aromatic heterocycles. The summed E-state index contributed by atoms with van der Waals surface area (Å²) in [7, 11) is 1.72. The Labute approximate surface area is 238 Å². The second-order valence-electron chi connectivity index (χ2n) is 9.80. The molecule has 0 fully saturated rings. The van der Waals surface area contributed by atoms with Crippen LogP contribution in [0.1, 0.15) is 49.5 Å². The van der Waals surface area contributed by atoms with Gasteiger partial charge < -0.3 is 20.6 Å². The zero-order valence-corrected chi connectivity index (χ0v) is 23.9. The van der Waals surface area contributed by atoms with Gasteiger partial charge in [-0.2, -0.15) is 5.10 Å². The summed E-state index contributed by atoms with van der Waals surface area (Å²) in [6, 6.07) is 15.9. The van der Waals surface area contributed by atoms with Crippen molar-refractivity contribution < 1.29 is 14.7 Å². The molecular weight excluding hydrogens is 524 g/mol. The van der Waals surface area contributed by atoms with E-state index in [0.29, 0.717) is 30.6 Å². The van der Waals surface area contributed by atoms with Gasteiger partial charge in [-0.1, -0.05) is 36.4 Å². The van der Waals surface area contributed by atoms with E-state index in [1.807, 2.05) is 60.4 Å². The molecule has 2 atom stereocenters. The van der Waals surface area contributed by atoms with Crippen LogP contribution in [-0.4, -0.2) is 62.3 Å². The fraction of sp³-hybridized carbons (Fsp3) is 0.333. The summed E-state index contributed by atoms with van der Waals surface area (Å²) in [6.07, 6.45) is 3.38. The predicted octanol–water partition coefficient (Wildman–Crippen LogP) is 3.43. The number of aryl methyl sites for hydroxylation is 2. The van der Waals surface area contributed by atoms with E-state index in [1.54, 1.807) is 42.4 Å². The van der Waals surface area contributed by atoms with Gasteiger partial charge in [-0.05, 0) is 44.0 Å². The van der Waals surface area contributed by atoms with Gasteiger partial charge in [0.2, 0.25) is 0 Å². The molecule has 0 aliphatic rings. The third-order valence-corrected chi connectivity index (χ3v) is 7.48. The lowest BCUT2D eigenvalue weighted by Crippen LogP contribution is -2.48. The third kappa shape index (κ3) is 8.08. The summed E-state index contributed by atoms with van der Waals surface area (Å²) in [6.45, 7) is 5.98. The van der Waals surface area contributed by atoms with Crippen LogP contribution in [0, 0.1) is 6.92 Å². The minimum atomic E-state index is -0.844. The van der Waals surface area contributed by atoms with Crippen molar-refractivity contribution in [2.24, 2.45) is 0 Å². The summed E-state index contributed by atoms with van der Waals surface area (Å²) in [5.74, 6) is -0.545. The topological polar surface area (TPSA) is 112 Å². The monoisotopic (exact) mass is 560 g/mol. The van der Waals surface area contributed by atoms with Crippen LogP contribution in [0.15, 0.2) is 72.4 Å². The maximum Gasteiger partial charge on any atom is 0.253 e. The van der Waals surface area contributed by atoms with Gasteiger partial charge in [-0.15, -0.1) is 11.3 Å². The minimum Gasteiger partial charge on any atom is -0.390 e. The number of carbonyl (C=O) groups is 2. The first-order valence-corrected chi connectivity index (χ1v) is 14.2. The summed E-state index contributed by atoms with van der Waals surface area (Å²) in [4.78, 5) is 32.4. The maximum absolute atomic E-state index is 13.3. The molecule has 0 aliphatic heterocycles. The molecule has 0 aliphatic carbocycles. The molecule has 3 N–H and O–H groups in total. The Kier molecular flexibility index (Phi) is 10.2. The molecule has 10 heteroatoms. The average molecular weight is 561 g/mol. The number of aliphatic hydroxyl groups is 1. The van der Waals surface area contributed by atoms with E-state index in [1.165, 1.54) is 11.3 Å². The Balaban J connectivity index is 1.42. The van der Waals surface area contributed by atoms with Crippen LogP contribution in [0.4, 0.5) is 0 Å². The van der Waals surface area contributed by atoms with Crippen molar-refractivity contribution >= 4 is 23.2 Å². The molecular formula is C30H36N6O3S. The van der Waals surface area contributed by atoms with E-state index in [9.17, 15) is 14.7 Å². The standard InChI is InChI=1S/C30H36N6O3S/c1-4-36-18-23(16-32-36)15-31-17-27(37)26(13-22-9-6-5-7-10-22)34-29(38)24-11-8-12-25(14-24)30(39)35(3)19-28-33-21(2)20-40-28/h5-12,14,16,18,20,26-27,31,37H,4,13,15,17,19H2,1-3H3,(H,34,38)/t26-,27+/m0/s1. The Bertz CT molecular complexity index is 1400. The second kappa shape index (κ2) is 14.0. The predicted molar refractivity (Wildman–Crippen MR) is 156 cm³/mol. The van der Waals surface area contributed by atoms with E-state index < -0.39 is 12.1 Å². The van der Waals surface area contributed by atoms with Crippen LogP contribution >= 0.6 is 11.3 Å². The van der Waals surface area contributed by atoms with E-state index in [-0.39, 0.29) is 18.4 Å². The summed E-state index contributed by atoms with van der Waals surface area (Å²) in [5.41, 5.74) is 3.72. The molecule has 0 unspecified atom stereocenters. The number of rotatable bonds is 13. The van der Waals surface area contributed by atoms with Gasteiger partial charge in [0.15, 0.2) is 0 Å². The van der Waals surface area contributed by atoms with Gasteiger partial charge in [0.1, 0.15) is 5.01 Å². The van der Waals surface area contributed by atoms with Crippen LogP contribution < -0.4 is 10.6 Å². The van der Waals surface area contributed by atoms with Crippen molar-refractivity contribution in [3.8, 4) is 0 Å². The van der Waals surface area contributed by atoms with Gasteiger partial charge in [-0.3, -0.25) is 14.3 Å². The smallest absolute Gasteiger partial charge is 0.253 e. The van der Waals surface area contributed by atoms with Gasteiger partial charge >= 0.3 is 0 Å². The number of hydrogen-bond donors (Lipinski definition) is 3. The molecule has 2 heterocycles. The molecule has 2 aromatic carbocycles. The number of benzene rings is 2. The highest BCUT2D eigenvalue weighted by atomic mass is 32.1. The third-order valence-electron chi connectivity index (χ3n) is 6.53. The molecule has 0 bridgehead atoms. The Morgan fingerprint density at radius 1 is 1.10 bits per heavy atom. The number of nitrogens with zero attached hydrogens (tertiary/aromatic N) is 4. The normalized spacial score (nSPS) is 12.6. The number of aliphatic hydroxyl groups excluding tert-OH is 1. The first-order valence-electron chi connectivity index (χ1n) is 13.3. The molecule has 4 aromatic rings. The fourth-order valence-electron chi connectivity index (χ4n) is 4.34. The van der Waals surface area contributed by atoms with Crippen molar-refractivity contribution in [2.75, 3.05) is 13.6 Å². The molecule has 0 spiro atoms. The minimum absolute atomic E-state index is 0.195. The van der Waals surface area contributed by atoms with Crippen molar-refractivity contribution in [1.29, 1.82) is 0 Å². The van der Waals surface area contributed by atoms with Crippen molar-refractivity contribution in [3.63, 3.8) is 0 Å². The average Bonchev–Trinajstić information content (AvgIpc) is 3.61. The summed E-state index contributed by atoms with van der Waals surface area (Å²) in [5, 5.41) is 24.4. The zero-order valence-electron chi connectivity index (χ0n) is 23.1. The number of thiazole rings is 1. The lowest BCUT2D eigenvalue weighted by atomic mass is 10.00. The van der Waals surface area contributed by atoms with Crippen molar-refractivity contribution in [1.82, 2.24) is 30.3 Å². The lowest BCUT2D eigenvalue weighted by molar-refractivity contribution is 0.0784. The van der Waals surface area contributed by atoms with E-state index in [0.717, 1.165) is 28.4 Å². The number of hydrogen-bond acceptors (Lipinski definition) is 7. The Hall–Kier alpha value is -3.86. The highest BCUT2D eigenvalue weighted by Gasteiger charge is 2.23. The number of nitrogens with one attached hydrogen (secondary N) is 2. The molecule has 0 radical (unpaired) electrons. The number of carbonyl (C=O) groups excluding carboxylic acids is 2. The first-order chi connectivity index (χ1) is 19.3. The van der Waals surface area contributed by atoms with Crippen LogP contribution in [0.3, 0.4) is 0 Å². The zero-order chi connectivity index (χ0) is 28.5. The summed E-state index contributed by atoms with van der Waals surface area (Å²) < 4.78 is 1.85. The van der Waals surface area contributed by atoms with Crippen LogP contribution in [0.5, 0.6) is 0 Å².